The molecule has 2 saturated heterocycles. The van der Waals surface area contributed by atoms with E-state index in [9.17, 15) is 4.79 Å². The van der Waals surface area contributed by atoms with Crippen LogP contribution in [0.25, 0.3) is 0 Å². The number of piperidine rings is 1. The van der Waals surface area contributed by atoms with Crippen molar-refractivity contribution in [2.24, 2.45) is 11.3 Å². The van der Waals surface area contributed by atoms with E-state index in [1.54, 1.807) is 7.11 Å². The maximum atomic E-state index is 13.0. The molecule has 0 bridgehead atoms. The van der Waals surface area contributed by atoms with Crippen molar-refractivity contribution in [2.75, 3.05) is 60.0 Å². The van der Waals surface area contributed by atoms with Gasteiger partial charge in [-0.05, 0) is 51.9 Å². The summed E-state index contributed by atoms with van der Waals surface area (Å²) in [4.78, 5) is 17.5. The summed E-state index contributed by atoms with van der Waals surface area (Å²) in [6, 6.07) is 0. The first-order valence-electron chi connectivity index (χ1n) is 8.29. The Morgan fingerprint density at radius 1 is 1.35 bits per heavy atom. The molecule has 0 aromatic carbocycles. The first-order chi connectivity index (χ1) is 10.1. The molecule has 0 spiro atoms. The van der Waals surface area contributed by atoms with E-state index in [2.05, 4.69) is 29.1 Å². The fourth-order valence-electron chi connectivity index (χ4n) is 3.67. The van der Waals surface area contributed by atoms with Crippen molar-refractivity contribution >= 4 is 30.7 Å². The van der Waals surface area contributed by atoms with Crippen LogP contribution in [-0.4, -0.2) is 75.7 Å². The molecule has 2 rings (SSSR count). The Morgan fingerprint density at radius 2 is 2.00 bits per heavy atom. The normalized spacial score (nSPS) is 23.3. The van der Waals surface area contributed by atoms with Gasteiger partial charge in [0, 0.05) is 26.7 Å². The van der Waals surface area contributed by atoms with Crippen molar-refractivity contribution in [2.45, 2.75) is 26.2 Å². The summed E-state index contributed by atoms with van der Waals surface area (Å²) in [5, 5.41) is 3.35. The van der Waals surface area contributed by atoms with Gasteiger partial charge in [0.2, 0.25) is 5.91 Å². The zero-order chi connectivity index (χ0) is 15.3. The van der Waals surface area contributed by atoms with E-state index in [1.807, 2.05) is 0 Å². The molecule has 0 aliphatic carbocycles. The van der Waals surface area contributed by atoms with Gasteiger partial charge in [0.1, 0.15) is 0 Å². The van der Waals surface area contributed by atoms with Gasteiger partial charge in [0.25, 0.3) is 0 Å². The summed E-state index contributed by atoms with van der Waals surface area (Å²) in [5.74, 6) is 0.952. The Bertz CT molecular complexity index is 347. The van der Waals surface area contributed by atoms with E-state index in [0.29, 0.717) is 18.4 Å². The molecule has 2 aliphatic heterocycles. The van der Waals surface area contributed by atoms with E-state index >= 15 is 0 Å². The van der Waals surface area contributed by atoms with Crippen LogP contribution in [0.1, 0.15) is 26.2 Å². The van der Waals surface area contributed by atoms with Gasteiger partial charge >= 0.3 is 0 Å². The van der Waals surface area contributed by atoms with Gasteiger partial charge < -0.3 is 19.9 Å². The predicted octanol–water partition coefficient (Wildman–Crippen LogP) is 1.65. The van der Waals surface area contributed by atoms with Crippen LogP contribution < -0.4 is 5.32 Å². The fourth-order valence-corrected chi connectivity index (χ4v) is 3.67. The molecule has 1 unspecified atom stereocenters. The lowest BCUT2D eigenvalue weighted by atomic mass is 9.78. The van der Waals surface area contributed by atoms with Crippen molar-refractivity contribution in [3.63, 3.8) is 0 Å². The van der Waals surface area contributed by atoms with E-state index in [-0.39, 0.29) is 30.2 Å². The fraction of sp³-hybridized carbons (Fsp3) is 0.938. The lowest BCUT2D eigenvalue weighted by Crippen LogP contribution is -2.51. The van der Waals surface area contributed by atoms with Crippen molar-refractivity contribution < 1.29 is 9.53 Å². The summed E-state index contributed by atoms with van der Waals surface area (Å²) in [6.45, 7) is 8.59. The van der Waals surface area contributed by atoms with Crippen LogP contribution in [0.4, 0.5) is 0 Å². The Balaban J connectivity index is 0.00000242. The molecule has 138 valence electrons. The van der Waals surface area contributed by atoms with E-state index in [0.717, 1.165) is 58.5 Å². The number of nitrogens with zero attached hydrogens (tertiary/aromatic N) is 2. The summed E-state index contributed by atoms with van der Waals surface area (Å²) in [7, 11) is 3.86. The molecule has 0 saturated carbocycles. The standard InChI is InChI=1S/C16H31N3O2.2ClH/c1-4-18(2)11-14-5-10-19(12-14)15(20)16(13-21-3)6-8-17-9-7-16;;/h14,17H,4-13H2,1-3H3;2*1H. The number of hydrogen-bond acceptors (Lipinski definition) is 4. The second-order valence-corrected chi connectivity index (χ2v) is 6.72. The molecule has 7 heteroatoms. The smallest absolute Gasteiger partial charge is 0.231 e. The van der Waals surface area contributed by atoms with Crippen LogP contribution >= 0.6 is 24.8 Å². The van der Waals surface area contributed by atoms with Crippen molar-refractivity contribution in [3.8, 4) is 0 Å². The number of carbonyl (C=O) groups is 1. The SMILES string of the molecule is CCN(C)CC1CCN(C(=O)C2(COC)CCNCC2)C1.Cl.Cl. The van der Waals surface area contributed by atoms with Crippen LogP contribution in [-0.2, 0) is 9.53 Å². The summed E-state index contributed by atoms with van der Waals surface area (Å²) >= 11 is 0. The third kappa shape index (κ3) is 5.75. The second kappa shape index (κ2) is 10.7. The lowest BCUT2D eigenvalue weighted by molar-refractivity contribution is -0.146. The number of rotatable bonds is 6. The van der Waals surface area contributed by atoms with Gasteiger partial charge in [-0.25, -0.2) is 0 Å². The third-order valence-electron chi connectivity index (χ3n) is 5.12. The van der Waals surface area contributed by atoms with E-state index in [4.69, 9.17) is 4.74 Å². The highest BCUT2D eigenvalue weighted by molar-refractivity contribution is 5.85. The van der Waals surface area contributed by atoms with Crippen molar-refractivity contribution in [3.05, 3.63) is 0 Å². The molecule has 1 amide bonds. The van der Waals surface area contributed by atoms with Crippen LogP contribution in [0.2, 0.25) is 0 Å². The highest BCUT2D eigenvalue weighted by Gasteiger charge is 2.43. The average molecular weight is 370 g/mol. The van der Waals surface area contributed by atoms with Gasteiger partial charge in [0.05, 0.1) is 12.0 Å². The second-order valence-electron chi connectivity index (χ2n) is 6.72. The quantitative estimate of drug-likeness (QED) is 0.772. The molecular formula is C16H33Cl2N3O2. The van der Waals surface area contributed by atoms with E-state index in [1.165, 1.54) is 0 Å². The largest absolute Gasteiger partial charge is 0.384 e. The third-order valence-corrected chi connectivity index (χ3v) is 5.12. The van der Waals surface area contributed by atoms with Crippen LogP contribution in [0.3, 0.4) is 0 Å². The highest BCUT2D eigenvalue weighted by atomic mass is 35.5. The summed E-state index contributed by atoms with van der Waals surface area (Å²) < 4.78 is 5.39. The topological polar surface area (TPSA) is 44.8 Å². The molecule has 5 nitrogen and oxygen atoms in total. The number of methoxy groups -OCH3 is 1. The summed E-state index contributed by atoms with van der Waals surface area (Å²) in [5.41, 5.74) is -0.286. The number of carbonyl (C=O) groups excluding carboxylic acids is 1. The maximum absolute atomic E-state index is 13.0. The number of nitrogens with one attached hydrogen (secondary N) is 1. The Labute approximate surface area is 153 Å². The Kier molecular flexibility index (Phi) is 10.7. The maximum Gasteiger partial charge on any atom is 0.231 e. The van der Waals surface area contributed by atoms with Gasteiger partial charge in [-0.1, -0.05) is 6.92 Å². The molecule has 2 fully saturated rings. The Morgan fingerprint density at radius 3 is 2.57 bits per heavy atom. The molecular weight excluding hydrogens is 337 g/mol. The lowest BCUT2D eigenvalue weighted by Gasteiger charge is -2.38. The molecule has 2 aliphatic rings. The molecule has 1 atom stereocenters. The number of halogens is 2. The molecule has 1 N–H and O–H groups in total. The molecule has 0 radical (unpaired) electrons. The van der Waals surface area contributed by atoms with Gasteiger partial charge in [-0.15, -0.1) is 24.8 Å². The van der Waals surface area contributed by atoms with Crippen LogP contribution in [0, 0.1) is 11.3 Å². The molecule has 2 heterocycles. The zero-order valence-corrected chi connectivity index (χ0v) is 16.3. The monoisotopic (exact) mass is 369 g/mol. The van der Waals surface area contributed by atoms with Crippen LogP contribution in [0.15, 0.2) is 0 Å². The van der Waals surface area contributed by atoms with E-state index < -0.39 is 0 Å². The Hall–Kier alpha value is -0.0700. The minimum Gasteiger partial charge on any atom is -0.384 e. The van der Waals surface area contributed by atoms with Crippen molar-refractivity contribution in [1.82, 2.24) is 15.1 Å². The number of likely N-dealkylation sites (tertiary alicyclic amines) is 1. The number of amides is 1. The molecule has 0 aromatic rings. The minimum atomic E-state index is -0.286. The highest BCUT2D eigenvalue weighted by Crippen LogP contribution is 2.33. The zero-order valence-electron chi connectivity index (χ0n) is 14.7. The van der Waals surface area contributed by atoms with Crippen LogP contribution in [0.5, 0.6) is 0 Å². The molecule has 0 aromatic heterocycles. The van der Waals surface area contributed by atoms with Gasteiger partial charge in [0.15, 0.2) is 0 Å². The number of hydrogen-bond donors (Lipinski definition) is 1. The molecule has 23 heavy (non-hydrogen) atoms. The summed E-state index contributed by atoms with van der Waals surface area (Å²) in [6.07, 6.45) is 2.93. The first kappa shape index (κ1) is 22.9. The minimum absolute atomic E-state index is 0. The first-order valence-corrected chi connectivity index (χ1v) is 8.29. The predicted molar refractivity (Wildman–Crippen MR) is 98.8 cm³/mol. The van der Waals surface area contributed by atoms with Crippen molar-refractivity contribution in [1.29, 1.82) is 0 Å². The van der Waals surface area contributed by atoms with Gasteiger partial charge in [-0.3, -0.25) is 4.79 Å². The number of ether oxygens (including phenoxy) is 1. The van der Waals surface area contributed by atoms with Gasteiger partial charge in [-0.2, -0.15) is 0 Å². The average Bonchev–Trinajstić information content (AvgIpc) is 2.96.